The molecular formula is C14H14ClNO. The van der Waals surface area contributed by atoms with Crippen molar-refractivity contribution < 1.29 is 5.11 Å². The summed E-state index contributed by atoms with van der Waals surface area (Å²) in [6.07, 6.45) is 2.46. The zero-order chi connectivity index (χ0) is 12.1. The number of nitrogens with zero attached hydrogens (tertiary/aromatic N) is 1. The number of aromatic nitrogens is 1. The zero-order valence-corrected chi connectivity index (χ0v) is 10.1. The summed E-state index contributed by atoms with van der Waals surface area (Å²) >= 11 is 6.13. The van der Waals surface area contributed by atoms with Crippen molar-refractivity contribution in [3.63, 3.8) is 0 Å². The summed E-state index contributed by atoms with van der Waals surface area (Å²) in [5.41, 5.74) is 1.94. The molecule has 1 aromatic carbocycles. The molecule has 0 saturated carbocycles. The van der Waals surface area contributed by atoms with Gasteiger partial charge in [-0.25, -0.2) is 0 Å². The molecular weight excluding hydrogens is 234 g/mol. The smallest absolute Gasteiger partial charge is 0.0504 e. The topological polar surface area (TPSA) is 33.1 Å². The minimum atomic E-state index is -0.00130. The van der Waals surface area contributed by atoms with Crippen LogP contribution in [0.25, 0.3) is 0 Å². The van der Waals surface area contributed by atoms with E-state index in [4.69, 9.17) is 11.6 Å². The lowest BCUT2D eigenvalue weighted by molar-refractivity contribution is 0.264. The summed E-state index contributed by atoms with van der Waals surface area (Å²) in [5, 5.41) is 10.2. The van der Waals surface area contributed by atoms with Crippen LogP contribution in [0.5, 0.6) is 0 Å². The molecule has 1 N–H and O–H groups in total. The molecule has 1 atom stereocenters. The zero-order valence-electron chi connectivity index (χ0n) is 9.38. The normalized spacial score (nSPS) is 12.4. The molecule has 0 spiro atoms. The Kier molecular flexibility index (Phi) is 4.13. The third kappa shape index (κ3) is 3.05. The van der Waals surface area contributed by atoms with Crippen LogP contribution >= 0.6 is 11.6 Å². The van der Waals surface area contributed by atoms with Crippen LogP contribution < -0.4 is 0 Å². The minimum Gasteiger partial charge on any atom is -0.396 e. The van der Waals surface area contributed by atoms with Crippen molar-refractivity contribution in [2.75, 3.05) is 6.61 Å². The number of rotatable bonds is 4. The fraction of sp³-hybridized carbons (Fsp3) is 0.214. The first-order valence-corrected chi connectivity index (χ1v) is 5.94. The van der Waals surface area contributed by atoms with E-state index in [0.29, 0.717) is 11.4 Å². The standard InChI is InChI=1S/C14H14ClNO/c15-14-7-2-1-6-13(14)11(10-17)9-12-5-3-4-8-16-12/h1-8,11,17H,9-10H2. The first-order chi connectivity index (χ1) is 8.31. The summed E-state index contributed by atoms with van der Waals surface area (Å²) in [6.45, 7) is 0.0697. The Morgan fingerprint density at radius 3 is 2.53 bits per heavy atom. The molecule has 0 amide bonds. The summed E-state index contributed by atoms with van der Waals surface area (Å²) in [6, 6.07) is 13.4. The van der Waals surface area contributed by atoms with E-state index in [1.165, 1.54) is 0 Å². The Hall–Kier alpha value is -1.38. The summed E-state index contributed by atoms with van der Waals surface area (Å²) < 4.78 is 0. The highest BCUT2D eigenvalue weighted by molar-refractivity contribution is 6.31. The fourth-order valence-corrected chi connectivity index (χ4v) is 2.14. The third-order valence-corrected chi connectivity index (χ3v) is 3.09. The number of benzene rings is 1. The Morgan fingerprint density at radius 2 is 1.88 bits per heavy atom. The Morgan fingerprint density at radius 1 is 1.12 bits per heavy atom. The van der Waals surface area contributed by atoms with Gasteiger partial charge in [0.2, 0.25) is 0 Å². The summed E-state index contributed by atoms with van der Waals surface area (Å²) in [7, 11) is 0. The molecule has 0 saturated heterocycles. The van der Waals surface area contributed by atoms with E-state index in [1.807, 2.05) is 42.5 Å². The Bertz CT molecular complexity index is 473. The maximum absolute atomic E-state index is 9.48. The van der Waals surface area contributed by atoms with Crippen molar-refractivity contribution in [3.05, 3.63) is 64.9 Å². The second kappa shape index (κ2) is 5.80. The van der Waals surface area contributed by atoms with Crippen molar-refractivity contribution in [1.82, 2.24) is 4.98 Å². The number of aliphatic hydroxyl groups is 1. The lowest BCUT2D eigenvalue weighted by Gasteiger charge is -2.15. The number of hydrogen-bond acceptors (Lipinski definition) is 2. The number of aliphatic hydroxyl groups excluding tert-OH is 1. The highest BCUT2D eigenvalue weighted by Gasteiger charge is 2.14. The van der Waals surface area contributed by atoms with E-state index in [9.17, 15) is 5.11 Å². The SMILES string of the molecule is OCC(Cc1ccccn1)c1ccccc1Cl. The molecule has 0 fully saturated rings. The second-order valence-electron chi connectivity index (χ2n) is 3.93. The van der Waals surface area contributed by atoms with Gasteiger partial charge in [0, 0.05) is 22.8 Å². The number of halogens is 1. The van der Waals surface area contributed by atoms with Gasteiger partial charge in [0.1, 0.15) is 0 Å². The maximum Gasteiger partial charge on any atom is 0.0504 e. The van der Waals surface area contributed by atoms with Gasteiger partial charge in [0.15, 0.2) is 0 Å². The highest BCUT2D eigenvalue weighted by atomic mass is 35.5. The van der Waals surface area contributed by atoms with Gasteiger partial charge in [-0.2, -0.15) is 0 Å². The summed E-state index contributed by atoms with van der Waals surface area (Å²) in [5.74, 6) is -0.00130. The molecule has 2 nitrogen and oxygen atoms in total. The van der Waals surface area contributed by atoms with Crippen molar-refractivity contribution in [1.29, 1.82) is 0 Å². The van der Waals surface area contributed by atoms with Crippen LogP contribution in [0.3, 0.4) is 0 Å². The van der Waals surface area contributed by atoms with Gasteiger partial charge in [0.25, 0.3) is 0 Å². The van der Waals surface area contributed by atoms with Crippen LogP contribution in [-0.4, -0.2) is 16.7 Å². The molecule has 1 aromatic heterocycles. The Labute approximate surface area is 106 Å². The molecule has 3 heteroatoms. The van der Waals surface area contributed by atoms with Gasteiger partial charge in [-0.1, -0.05) is 35.9 Å². The van der Waals surface area contributed by atoms with Gasteiger partial charge in [0.05, 0.1) is 6.61 Å². The predicted octanol–water partition coefficient (Wildman–Crippen LogP) is 3.05. The van der Waals surface area contributed by atoms with Crippen molar-refractivity contribution >= 4 is 11.6 Å². The van der Waals surface area contributed by atoms with Crippen LogP contribution in [-0.2, 0) is 6.42 Å². The van der Waals surface area contributed by atoms with Crippen LogP contribution in [0.15, 0.2) is 48.7 Å². The molecule has 0 aliphatic rings. The monoisotopic (exact) mass is 247 g/mol. The lowest BCUT2D eigenvalue weighted by atomic mass is 9.95. The molecule has 1 heterocycles. The second-order valence-corrected chi connectivity index (χ2v) is 4.33. The van der Waals surface area contributed by atoms with Crippen LogP contribution in [0.4, 0.5) is 0 Å². The molecule has 0 radical (unpaired) electrons. The van der Waals surface area contributed by atoms with Gasteiger partial charge >= 0.3 is 0 Å². The van der Waals surface area contributed by atoms with E-state index in [1.54, 1.807) is 6.20 Å². The van der Waals surface area contributed by atoms with E-state index < -0.39 is 0 Å². The molecule has 1 unspecified atom stereocenters. The quantitative estimate of drug-likeness (QED) is 0.901. The lowest BCUT2D eigenvalue weighted by Crippen LogP contribution is -2.09. The largest absolute Gasteiger partial charge is 0.396 e. The highest BCUT2D eigenvalue weighted by Crippen LogP contribution is 2.26. The van der Waals surface area contributed by atoms with Crippen LogP contribution in [0.1, 0.15) is 17.2 Å². The summed E-state index contributed by atoms with van der Waals surface area (Å²) in [4.78, 5) is 4.27. The molecule has 0 aliphatic carbocycles. The van der Waals surface area contributed by atoms with Gasteiger partial charge < -0.3 is 5.11 Å². The van der Waals surface area contributed by atoms with Crippen molar-refractivity contribution in [3.8, 4) is 0 Å². The van der Waals surface area contributed by atoms with E-state index >= 15 is 0 Å². The first kappa shape index (κ1) is 12.1. The minimum absolute atomic E-state index is 0.00130. The van der Waals surface area contributed by atoms with Gasteiger partial charge in [-0.05, 0) is 30.2 Å². The fourth-order valence-electron chi connectivity index (χ4n) is 1.85. The molecule has 0 aliphatic heterocycles. The molecule has 88 valence electrons. The molecule has 17 heavy (non-hydrogen) atoms. The van der Waals surface area contributed by atoms with E-state index in [2.05, 4.69) is 4.98 Å². The van der Waals surface area contributed by atoms with Crippen LogP contribution in [0, 0.1) is 0 Å². The predicted molar refractivity (Wildman–Crippen MR) is 69.2 cm³/mol. The maximum atomic E-state index is 9.48. The van der Waals surface area contributed by atoms with E-state index in [0.717, 1.165) is 11.3 Å². The molecule has 2 aromatic rings. The van der Waals surface area contributed by atoms with Gasteiger partial charge in [-0.15, -0.1) is 0 Å². The number of pyridine rings is 1. The van der Waals surface area contributed by atoms with E-state index in [-0.39, 0.29) is 12.5 Å². The molecule has 2 rings (SSSR count). The molecule has 0 bridgehead atoms. The van der Waals surface area contributed by atoms with Crippen molar-refractivity contribution in [2.45, 2.75) is 12.3 Å². The number of hydrogen-bond donors (Lipinski definition) is 1. The van der Waals surface area contributed by atoms with Crippen LogP contribution in [0.2, 0.25) is 5.02 Å². The average molecular weight is 248 g/mol. The average Bonchev–Trinajstić information content (AvgIpc) is 2.38. The first-order valence-electron chi connectivity index (χ1n) is 5.56. The van der Waals surface area contributed by atoms with Gasteiger partial charge in [-0.3, -0.25) is 4.98 Å². The third-order valence-electron chi connectivity index (χ3n) is 2.75. The Balaban J connectivity index is 2.21. The van der Waals surface area contributed by atoms with Crippen molar-refractivity contribution in [2.24, 2.45) is 0 Å².